The molecule has 3 aliphatic rings. The molecule has 2 saturated heterocycles. The van der Waals surface area contributed by atoms with Crippen molar-refractivity contribution in [1.82, 2.24) is 14.7 Å². The lowest BCUT2D eigenvalue weighted by Gasteiger charge is -2.53. The molecule has 0 spiro atoms. The van der Waals surface area contributed by atoms with Crippen LogP contribution in [-0.4, -0.2) is 64.8 Å². The zero-order valence-corrected chi connectivity index (χ0v) is 20.0. The highest BCUT2D eigenvalue weighted by Crippen LogP contribution is 2.31. The van der Waals surface area contributed by atoms with Crippen molar-refractivity contribution in [3.8, 4) is 11.1 Å². The first kappa shape index (κ1) is 21.3. The first-order valence-corrected chi connectivity index (χ1v) is 12.7. The topological polar surface area (TPSA) is 43.9 Å². The van der Waals surface area contributed by atoms with Gasteiger partial charge in [-0.1, -0.05) is 66.7 Å². The Bertz CT molecular complexity index is 1490. The van der Waals surface area contributed by atoms with Crippen molar-refractivity contribution in [2.45, 2.75) is 18.6 Å². The summed E-state index contributed by atoms with van der Waals surface area (Å²) in [5.41, 5.74) is 5.10. The SMILES string of the molecule is O=C(c1ccc2cc(-c3ccccc3)ccc2c1)N1CC(N2CC(N3Cc4ccccc4C3=O)C2)C1. The van der Waals surface area contributed by atoms with Crippen molar-refractivity contribution in [2.24, 2.45) is 0 Å². The summed E-state index contributed by atoms with van der Waals surface area (Å²) in [5.74, 6) is 0.260. The molecule has 2 amide bonds. The zero-order valence-electron chi connectivity index (χ0n) is 20.0. The molecule has 4 aromatic rings. The monoisotopic (exact) mass is 473 g/mol. The second-order valence-corrected chi connectivity index (χ2v) is 10.2. The van der Waals surface area contributed by atoms with Gasteiger partial charge in [0, 0.05) is 49.9 Å². The molecule has 3 heterocycles. The van der Waals surface area contributed by atoms with Crippen molar-refractivity contribution in [3.05, 3.63) is 108 Å². The summed E-state index contributed by atoms with van der Waals surface area (Å²) in [6.07, 6.45) is 0. The average molecular weight is 474 g/mol. The summed E-state index contributed by atoms with van der Waals surface area (Å²) in [6.45, 7) is 4.02. The molecule has 7 rings (SSSR count). The Kier molecular flexibility index (Phi) is 4.93. The van der Waals surface area contributed by atoms with Crippen LogP contribution in [-0.2, 0) is 6.54 Å². The lowest BCUT2D eigenvalue weighted by molar-refractivity contribution is -0.0364. The highest BCUT2D eigenvalue weighted by atomic mass is 16.2. The number of likely N-dealkylation sites (tertiary alicyclic amines) is 2. The van der Waals surface area contributed by atoms with E-state index < -0.39 is 0 Å². The van der Waals surface area contributed by atoms with Gasteiger partial charge in [-0.25, -0.2) is 0 Å². The van der Waals surface area contributed by atoms with E-state index >= 15 is 0 Å². The van der Waals surface area contributed by atoms with E-state index in [0.29, 0.717) is 6.04 Å². The molecule has 0 atom stereocenters. The summed E-state index contributed by atoms with van der Waals surface area (Å²) in [4.78, 5) is 32.2. The maximum atomic E-state index is 13.1. The molecule has 2 fully saturated rings. The molecule has 0 saturated carbocycles. The predicted octanol–water partition coefficient (Wildman–Crippen LogP) is 4.67. The van der Waals surface area contributed by atoms with Crippen molar-refractivity contribution in [1.29, 1.82) is 0 Å². The summed E-state index contributed by atoms with van der Waals surface area (Å²) in [5, 5.41) is 2.22. The summed E-state index contributed by atoms with van der Waals surface area (Å²) >= 11 is 0. The number of hydrogen-bond acceptors (Lipinski definition) is 3. The average Bonchev–Trinajstić information content (AvgIpc) is 3.20. The van der Waals surface area contributed by atoms with Gasteiger partial charge in [0.2, 0.25) is 0 Å². The minimum Gasteiger partial charge on any atom is -0.335 e. The van der Waals surface area contributed by atoms with Crippen LogP contribution in [0.25, 0.3) is 21.9 Å². The number of nitrogens with zero attached hydrogens (tertiary/aromatic N) is 3. The van der Waals surface area contributed by atoms with Crippen LogP contribution in [0, 0.1) is 0 Å². The second kappa shape index (κ2) is 8.32. The maximum absolute atomic E-state index is 13.1. The minimum atomic E-state index is 0.0996. The Morgan fingerprint density at radius 1 is 0.694 bits per heavy atom. The minimum absolute atomic E-state index is 0.0996. The number of fused-ring (bicyclic) bond motifs is 2. The van der Waals surface area contributed by atoms with Crippen LogP contribution >= 0.6 is 0 Å². The molecule has 0 bridgehead atoms. The second-order valence-electron chi connectivity index (χ2n) is 10.2. The van der Waals surface area contributed by atoms with Crippen LogP contribution in [0.3, 0.4) is 0 Å². The van der Waals surface area contributed by atoms with E-state index in [9.17, 15) is 9.59 Å². The predicted molar refractivity (Wildman–Crippen MR) is 141 cm³/mol. The number of amides is 2. The van der Waals surface area contributed by atoms with Crippen molar-refractivity contribution >= 4 is 22.6 Å². The normalized spacial score (nSPS) is 18.3. The Morgan fingerprint density at radius 2 is 1.42 bits per heavy atom. The number of hydrogen-bond donors (Lipinski definition) is 0. The first-order chi connectivity index (χ1) is 17.6. The Balaban J connectivity index is 0.962. The van der Waals surface area contributed by atoms with E-state index in [1.165, 1.54) is 11.1 Å². The molecule has 5 nitrogen and oxygen atoms in total. The molecule has 0 N–H and O–H groups in total. The number of carbonyl (C=O) groups is 2. The van der Waals surface area contributed by atoms with Gasteiger partial charge in [0.25, 0.3) is 11.8 Å². The van der Waals surface area contributed by atoms with Crippen LogP contribution < -0.4 is 0 Å². The van der Waals surface area contributed by atoms with Gasteiger partial charge in [-0.15, -0.1) is 0 Å². The van der Waals surface area contributed by atoms with Gasteiger partial charge in [-0.3, -0.25) is 14.5 Å². The Morgan fingerprint density at radius 3 is 2.22 bits per heavy atom. The standard InChI is InChI=1S/C31H27N3O2/c35-30(25-13-12-23-14-22(10-11-24(23)15-25)21-6-2-1-3-7-21)33-17-27(18-33)32-19-28(20-32)34-16-26-8-4-5-9-29(26)31(34)36/h1-15,27-28H,16-20H2. The molecule has 0 aromatic heterocycles. The van der Waals surface area contributed by atoms with Gasteiger partial charge >= 0.3 is 0 Å². The third-order valence-electron chi connectivity index (χ3n) is 8.04. The van der Waals surface area contributed by atoms with Crippen LogP contribution in [0.2, 0.25) is 0 Å². The lowest BCUT2D eigenvalue weighted by atomic mass is 9.97. The van der Waals surface area contributed by atoms with E-state index in [4.69, 9.17) is 0 Å². The zero-order chi connectivity index (χ0) is 24.2. The number of carbonyl (C=O) groups excluding carboxylic acids is 2. The number of benzene rings is 4. The smallest absolute Gasteiger partial charge is 0.254 e. The largest absolute Gasteiger partial charge is 0.335 e. The van der Waals surface area contributed by atoms with E-state index in [0.717, 1.165) is 60.2 Å². The third-order valence-corrected chi connectivity index (χ3v) is 8.04. The highest BCUT2D eigenvalue weighted by molar-refractivity contribution is 6.00. The van der Waals surface area contributed by atoms with Gasteiger partial charge in [-0.2, -0.15) is 0 Å². The van der Waals surface area contributed by atoms with Gasteiger partial charge in [-0.05, 0) is 51.7 Å². The van der Waals surface area contributed by atoms with Gasteiger partial charge < -0.3 is 9.80 Å². The fourth-order valence-corrected chi connectivity index (χ4v) is 5.78. The number of rotatable bonds is 4. The summed E-state index contributed by atoms with van der Waals surface area (Å²) in [7, 11) is 0. The summed E-state index contributed by atoms with van der Waals surface area (Å²) < 4.78 is 0. The van der Waals surface area contributed by atoms with E-state index in [-0.39, 0.29) is 17.9 Å². The Labute approximate surface area is 210 Å². The molecular formula is C31H27N3O2. The molecule has 3 aliphatic heterocycles. The van der Waals surface area contributed by atoms with Crippen LogP contribution in [0.4, 0.5) is 0 Å². The van der Waals surface area contributed by atoms with Gasteiger partial charge in [0.1, 0.15) is 0 Å². The lowest BCUT2D eigenvalue weighted by Crippen LogP contribution is -2.70. The molecule has 5 heteroatoms. The van der Waals surface area contributed by atoms with Crippen LogP contribution in [0.15, 0.2) is 91.0 Å². The fourth-order valence-electron chi connectivity index (χ4n) is 5.78. The third kappa shape index (κ3) is 3.50. The molecule has 0 radical (unpaired) electrons. The molecule has 0 aliphatic carbocycles. The van der Waals surface area contributed by atoms with E-state index in [1.807, 2.05) is 64.4 Å². The maximum Gasteiger partial charge on any atom is 0.254 e. The molecule has 0 unspecified atom stereocenters. The van der Waals surface area contributed by atoms with Crippen molar-refractivity contribution in [2.75, 3.05) is 26.2 Å². The molecule has 36 heavy (non-hydrogen) atoms. The molecule has 4 aromatic carbocycles. The molecular weight excluding hydrogens is 446 g/mol. The fraction of sp³-hybridized carbons (Fsp3) is 0.226. The van der Waals surface area contributed by atoms with E-state index in [1.54, 1.807) is 0 Å². The Hall–Kier alpha value is -3.96. The first-order valence-electron chi connectivity index (χ1n) is 12.7. The van der Waals surface area contributed by atoms with Crippen molar-refractivity contribution in [3.63, 3.8) is 0 Å². The van der Waals surface area contributed by atoms with E-state index in [2.05, 4.69) is 41.3 Å². The van der Waals surface area contributed by atoms with Gasteiger partial charge in [0.05, 0.1) is 6.04 Å². The molecule has 178 valence electrons. The summed E-state index contributed by atoms with van der Waals surface area (Å²) in [6, 6.07) is 31.3. The van der Waals surface area contributed by atoms with Gasteiger partial charge in [0.15, 0.2) is 0 Å². The van der Waals surface area contributed by atoms with Crippen molar-refractivity contribution < 1.29 is 9.59 Å². The highest BCUT2D eigenvalue weighted by Gasteiger charge is 2.45. The van der Waals surface area contributed by atoms with Crippen LogP contribution in [0.5, 0.6) is 0 Å². The quantitative estimate of drug-likeness (QED) is 0.433. The van der Waals surface area contributed by atoms with Crippen LogP contribution in [0.1, 0.15) is 26.3 Å².